The summed E-state index contributed by atoms with van der Waals surface area (Å²) in [7, 11) is 0. The van der Waals surface area contributed by atoms with E-state index < -0.39 is 11.4 Å². The number of hydrogen-bond donors (Lipinski definition) is 3. The molecular formula is C11H11N3O3. The number of aromatic nitrogens is 2. The van der Waals surface area contributed by atoms with Crippen molar-refractivity contribution in [2.24, 2.45) is 0 Å². The highest BCUT2D eigenvalue weighted by Gasteiger charge is 2.28. The number of nitrogens with zero attached hydrogens (tertiary/aromatic N) is 1. The summed E-state index contributed by atoms with van der Waals surface area (Å²) >= 11 is 0. The highest BCUT2D eigenvalue weighted by Crippen LogP contribution is 2.37. The largest absolute Gasteiger partial charge is 0.478 e. The van der Waals surface area contributed by atoms with Gasteiger partial charge in [-0.2, -0.15) is 0 Å². The van der Waals surface area contributed by atoms with Gasteiger partial charge in [-0.1, -0.05) is 0 Å². The average molecular weight is 233 g/mol. The van der Waals surface area contributed by atoms with Crippen LogP contribution in [0.15, 0.2) is 17.2 Å². The van der Waals surface area contributed by atoms with Gasteiger partial charge < -0.3 is 20.4 Å². The molecule has 0 amide bonds. The molecule has 1 fully saturated rings. The van der Waals surface area contributed by atoms with E-state index in [0.29, 0.717) is 11.7 Å². The number of nitrogen functional groups attached to an aromatic ring is 1. The van der Waals surface area contributed by atoms with Gasteiger partial charge in [0, 0.05) is 18.4 Å². The van der Waals surface area contributed by atoms with E-state index in [-0.39, 0.29) is 16.6 Å². The Labute approximate surface area is 95.7 Å². The van der Waals surface area contributed by atoms with Crippen molar-refractivity contribution in [3.8, 4) is 0 Å². The van der Waals surface area contributed by atoms with E-state index in [1.165, 1.54) is 12.4 Å². The standard InChI is InChI=1S/C11H11N3O3/c12-7-3-13-10-8(9(7)15)6(11(16)17)4-14(10)5-1-2-5/h3-5H,1-2,12H2,(H,13,15)(H,16,17). The molecule has 2 aromatic heterocycles. The molecule has 0 atom stereocenters. The molecule has 1 aliphatic rings. The number of hydrogen-bond acceptors (Lipinski definition) is 3. The molecule has 0 aromatic carbocycles. The topological polar surface area (TPSA) is 101 Å². The molecule has 0 unspecified atom stereocenters. The highest BCUT2D eigenvalue weighted by atomic mass is 16.4. The predicted octanol–water partition coefficient (Wildman–Crippen LogP) is 0.945. The van der Waals surface area contributed by atoms with E-state index >= 15 is 0 Å². The number of anilines is 1. The van der Waals surface area contributed by atoms with Gasteiger partial charge in [-0.3, -0.25) is 4.79 Å². The summed E-state index contributed by atoms with van der Waals surface area (Å²) in [6.45, 7) is 0. The maximum absolute atomic E-state index is 11.9. The second kappa shape index (κ2) is 3.13. The third-order valence-corrected chi connectivity index (χ3v) is 3.06. The number of rotatable bonds is 2. The second-order valence-corrected chi connectivity index (χ2v) is 4.28. The molecule has 0 radical (unpaired) electrons. The summed E-state index contributed by atoms with van der Waals surface area (Å²) in [6.07, 6.45) is 4.95. The number of nitrogens with two attached hydrogens (primary N) is 1. The van der Waals surface area contributed by atoms with Gasteiger partial charge in [0.15, 0.2) is 0 Å². The first kappa shape index (κ1) is 9.95. The number of carboxylic acids is 1. The van der Waals surface area contributed by atoms with Crippen molar-refractivity contribution in [3.63, 3.8) is 0 Å². The average Bonchev–Trinajstić information content (AvgIpc) is 3.04. The van der Waals surface area contributed by atoms with Crippen LogP contribution >= 0.6 is 0 Å². The zero-order chi connectivity index (χ0) is 12.2. The molecule has 1 saturated carbocycles. The number of aromatic amines is 1. The Morgan fingerprint density at radius 2 is 2.24 bits per heavy atom. The SMILES string of the molecule is Nc1c[nH]c2c(c(C(=O)O)cn2C2CC2)c1=O. The number of H-pyrrole nitrogens is 1. The fraction of sp³-hybridized carbons (Fsp3) is 0.273. The van der Waals surface area contributed by atoms with Gasteiger partial charge in [0.2, 0.25) is 5.43 Å². The maximum Gasteiger partial charge on any atom is 0.338 e. The van der Waals surface area contributed by atoms with Crippen LogP contribution < -0.4 is 11.2 Å². The van der Waals surface area contributed by atoms with E-state index in [1.54, 1.807) is 0 Å². The zero-order valence-electron chi connectivity index (χ0n) is 8.93. The van der Waals surface area contributed by atoms with Crippen molar-refractivity contribution < 1.29 is 9.90 Å². The minimum Gasteiger partial charge on any atom is -0.478 e. The third kappa shape index (κ3) is 1.33. The smallest absolute Gasteiger partial charge is 0.338 e. The fourth-order valence-electron chi connectivity index (χ4n) is 2.06. The van der Waals surface area contributed by atoms with Gasteiger partial charge >= 0.3 is 5.97 Å². The molecule has 0 saturated heterocycles. The molecule has 17 heavy (non-hydrogen) atoms. The van der Waals surface area contributed by atoms with Crippen LogP contribution in [0.25, 0.3) is 11.0 Å². The molecule has 6 heteroatoms. The molecule has 1 aliphatic carbocycles. The zero-order valence-corrected chi connectivity index (χ0v) is 8.93. The molecule has 4 N–H and O–H groups in total. The number of fused-ring (bicyclic) bond motifs is 1. The molecule has 0 aliphatic heterocycles. The van der Waals surface area contributed by atoms with Crippen LogP contribution in [0.4, 0.5) is 5.69 Å². The Morgan fingerprint density at radius 1 is 1.53 bits per heavy atom. The van der Waals surface area contributed by atoms with Crippen LogP contribution in [-0.4, -0.2) is 20.6 Å². The Morgan fingerprint density at radius 3 is 2.82 bits per heavy atom. The van der Waals surface area contributed by atoms with Gasteiger partial charge in [-0.05, 0) is 12.8 Å². The molecule has 6 nitrogen and oxygen atoms in total. The van der Waals surface area contributed by atoms with E-state index in [4.69, 9.17) is 10.8 Å². The van der Waals surface area contributed by atoms with Crippen LogP contribution in [0.1, 0.15) is 29.2 Å². The summed E-state index contributed by atoms with van der Waals surface area (Å²) in [4.78, 5) is 25.9. The van der Waals surface area contributed by atoms with E-state index in [1.807, 2.05) is 4.57 Å². The minimum atomic E-state index is -1.11. The Bertz CT molecular complexity index is 679. The van der Waals surface area contributed by atoms with Crippen LogP contribution in [0.2, 0.25) is 0 Å². The van der Waals surface area contributed by atoms with Crippen LogP contribution in [0, 0.1) is 0 Å². The molecule has 2 aromatic rings. The lowest BCUT2D eigenvalue weighted by Gasteiger charge is -2.01. The van der Waals surface area contributed by atoms with Crippen molar-refractivity contribution in [2.45, 2.75) is 18.9 Å². The molecule has 3 rings (SSSR count). The summed E-state index contributed by atoms with van der Waals surface area (Å²) in [5.41, 5.74) is 5.68. The van der Waals surface area contributed by atoms with Gasteiger partial charge in [0.05, 0.1) is 16.6 Å². The van der Waals surface area contributed by atoms with E-state index in [0.717, 1.165) is 12.8 Å². The monoisotopic (exact) mass is 233 g/mol. The van der Waals surface area contributed by atoms with Crippen LogP contribution in [0.3, 0.4) is 0 Å². The van der Waals surface area contributed by atoms with Crippen molar-refractivity contribution in [3.05, 3.63) is 28.2 Å². The number of carbonyl (C=O) groups is 1. The predicted molar refractivity (Wildman–Crippen MR) is 62.2 cm³/mol. The lowest BCUT2D eigenvalue weighted by atomic mass is 10.2. The molecule has 88 valence electrons. The Hall–Kier alpha value is -2.24. The van der Waals surface area contributed by atoms with Crippen molar-refractivity contribution in [1.82, 2.24) is 9.55 Å². The van der Waals surface area contributed by atoms with Gasteiger partial charge in [-0.25, -0.2) is 4.79 Å². The number of pyridine rings is 1. The first-order valence-electron chi connectivity index (χ1n) is 5.34. The van der Waals surface area contributed by atoms with Gasteiger partial charge in [0.25, 0.3) is 0 Å². The molecule has 0 spiro atoms. The normalized spacial score (nSPS) is 15.3. The number of aromatic carboxylic acids is 1. The van der Waals surface area contributed by atoms with Crippen molar-refractivity contribution >= 4 is 22.7 Å². The highest BCUT2D eigenvalue weighted by molar-refractivity contribution is 6.03. The lowest BCUT2D eigenvalue weighted by Crippen LogP contribution is -2.11. The Balaban J connectivity index is 2.43. The van der Waals surface area contributed by atoms with Crippen LogP contribution in [0.5, 0.6) is 0 Å². The first-order chi connectivity index (χ1) is 8.09. The van der Waals surface area contributed by atoms with Gasteiger partial charge in [0.1, 0.15) is 5.65 Å². The van der Waals surface area contributed by atoms with E-state index in [9.17, 15) is 9.59 Å². The lowest BCUT2D eigenvalue weighted by molar-refractivity contribution is 0.0698. The quantitative estimate of drug-likeness (QED) is 0.718. The summed E-state index contributed by atoms with van der Waals surface area (Å²) in [5, 5.41) is 9.28. The summed E-state index contributed by atoms with van der Waals surface area (Å²) in [5.74, 6) is -1.11. The van der Waals surface area contributed by atoms with Gasteiger partial charge in [-0.15, -0.1) is 0 Å². The second-order valence-electron chi connectivity index (χ2n) is 4.28. The third-order valence-electron chi connectivity index (χ3n) is 3.06. The summed E-state index contributed by atoms with van der Waals surface area (Å²) in [6, 6.07) is 0.296. The fourth-order valence-corrected chi connectivity index (χ4v) is 2.06. The van der Waals surface area contributed by atoms with E-state index in [2.05, 4.69) is 4.98 Å². The Kier molecular flexibility index (Phi) is 1.83. The van der Waals surface area contributed by atoms with Crippen molar-refractivity contribution in [1.29, 1.82) is 0 Å². The molecule has 0 bridgehead atoms. The van der Waals surface area contributed by atoms with Crippen LogP contribution in [-0.2, 0) is 0 Å². The maximum atomic E-state index is 11.9. The minimum absolute atomic E-state index is 0.0143. The molecule has 2 heterocycles. The van der Waals surface area contributed by atoms with Crippen molar-refractivity contribution in [2.75, 3.05) is 5.73 Å². The molecular weight excluding hydrogens is 222 g/mol. The number of nitrogens with one attached hydrogen (secondary N) is 1. The number of carboxylic acid groups (broad SMARTS) is 1. The summed E-state index contributed by atoms with van der Waals surface area (Å²) < 4.78 is 1.82. The first-order valence-corrected chi connectivity index (χ1v) is 5.34.